The minimum absolute atomic E-state index is 1.10. The minimum Gasteiger partial charge on any atom is -0.310 e. The van der Waals surface area contributed by atoms with Crippen LogP contribution in [-0.4, -0.2) is 4.57 Å². The van der Waals surface area contributed by atoms with Gasteiger partial charge in [0.15, 0.2) is 0 Å². The van der Waals surface area contributed by atoms with Crippen LogP contribution in [0.5, 0.6) is 0 Å². The molecule has 0 fully saturated rings. The number of thiophene rings is 1. The molecule has 12 rings (SSSR count). The number of aromatic nitrogens is 1. The minimum atomic E-state index is 1.10. The van der Waals surface area contributed by atoms with E-state index in [0.717, 1.165) is 22.7 Å². The van der Waals surface area contributed by atoms with Gasteiger partial charge in [-0.1, -0.05) is 158 Å². The van der Waals surface area contributed by atoms with Crippen molar-refractivity contribution in [1.82, 2.24) is 4.57 Å². The van der Waals surface area contributed by atoms with Gasteiger partial charge in [0, 0.05) is 53.7 Å². The first-order valence-corrected chi connectivity index (χ1v) is 21.6. The molecule has 0 unspecified atom stereocenters. The van der Waals surface area contributed by atoms with Gasteiger partial charge >= 0.3 is 0 Å². The number of para-hydroxylation sites is 1. The lowest BCUT2D eigenvalue weighted by Gasteiger charge is -2.27. The molecule has 0 amide bonds. The Balaban J connectivity index is 1.03. The fraction of sp³-hybridized carbons (Fsp3) is 0. The molecule has 0 saturated carbocycles. The summed E-state index contributed by atoms with van der Waals surface area (Å²) in [6.07, 6.45) is 0. The summed E-state index contributed by atoms with van der Waals surface area (Å²) in [7, 11) is 0. The van der Waals surface area contributed by atoms with Crippen LogP contribution in [-0.2, 0) is 0 Å². The van der Waals surface area contributed by atoms with Crippen LogP contribution in [0.3, 0.4) is 0 Å². The summed E-state index contributed by atoms with van der Waals surface area (Å²) in [5, 5.41) is 7.61. The highest BCUT2D eigenvalue weighted by atomic mass is 32.1. The maximum Gasteiger partial charge on any atom is 0.0547 e. The van der Waals surface area contributed by atoms with Gasteiger partial charge in [-0.15, -0.1) is 11.3 Å². The van der Waals surface area contributed by atoms with E-state index in [1.54, 1.807) is 0 Å². The molecule has 12 aromatic rings. The van der Waals surface area contributed by atoms with Crippen molar-refractivity contribution in [2.45, 2.75) is 0 Å². The lowest BCUT2D eigenvalue weighted by Crippen LogP contribution is -2.10. The van der Waals surface area contributed by atoms with E-state index in [0.29, 0.717) is 0 Å². The average molecular weight is 795 g/mol. The Bertz CT molecular complexity index is 3580. The van der Waals surface area contributed by atoms with Crippen molar-refractivity contribution in [3.63, 3.8) is 0 Å². The highest BCUT2D eigenvalue weighted by Gasteiger charge is 2.19. The van der Waals surface area contributed by atoms with E-state index in [1.807, 2.05) is 11.3 Å². The van der Waals surface area contributed by atoms with Crippen molar-refractivity contribution in [3.05, 3.63) is 231 Å². The number of benzene rings is 10. The lowest BCUT2D eigenvalue weighted by atomic mass is 9.93. The SMILES string of the molecule is c1ccc(-c2ccc(N(c3ccc(-c4cccc(-n5c6ccccc6c6cc7ccccc7cc65)c4)c(-c4ccccc4)c3)c3ccc4c(c3)sc3ccccc34)cc2)cc1. The molecule has 3 heteroatoms. The Hall–Kier alpha value is -7.72. The lowest BCUT2D eigenvalue weighted by molar-refractivity contribution is 1.18. The van der Waals surface area contributed by atoms with Gasteiger partial charge in [0.05, 0.1) is 11.0 Å². The maximum atomic E-state index is 2.43. The van der Waals surface area contributed by atoms with Crippen LogP contribution in [0.2, 0.25) is 0 Å². The molecule has 0 aliphatic carbocycles. The molecule has 0 aliphatic rings. The molecular weight excluding hydrogens is 757 g/mol. The van der Waals surface area contributed by atoms with Crippen LogP contribution < -0.4 is 4.90 Å². The number of fused-ring (bicyclic) bond motifs is 7. The van der Waals surface area contributed by atoms with Crippen LogP contribution in [0, 0.1) is 0 Å². The number of rotatable bonds is 7. The van der Waals surface area contributed by atoms with Gasteiger partial charge in [0.2, 0.25) is 0 Å². The van der Waals surface area contributed by atoms with Gasteiger partial charge in [-0.3, -0.25) is 0 Å². The zero-order valence-corrected chi connectivity index (χ0v) is 34.1. The van der Waals surface area contributed by atoms with E-state index >= 15 is 0 Å². The zero-order chi connectivity index (χ0) is 40.3. The van der Waals surface area contributed by atoms with Gasteiger partial charge in [0.1, 0.15) is 0 Å². The molecule has 61 heavy (non-hydrogen) atoms. The van der Waals surface area contributed by atoms with Crippen molar-refractivity contribution >= 4 is 81.1 Å². The van der Waals surface area contributed by atoms with Gasteiger partial charge in [0.25, 0.3) is 0 Å². The summed E-state index contributed by atoms with van der Waals surface area (Å²) in [6, 6.07) is 84.3. The third kappa shape index (κ3) is 6.09. The predicted octanol–water partition coefficient (Wildman–Crippen LogP) is 16.8. The Morgan fingerprint density at radius 1 is 0.311 bits per heavy atom. The van der Waals surface area contributed by atoms with Gasteiger partial charge in [-0.25, -0.2) is 0 Å². The van der Waals surface area contributed by atoms with Crippen molar-refractivity contribution in [1.29, 1.82) is 0 Å². The summed E-state index contributed by atoms with van der Waals surface area (Å²) in [4.78, 5) is 2.41. The van der Waals surface area contributed by atoms with Crippen LogP contribution in [0.25, 0.3) is 91.8 Å². The largest absolute Gasteiger partial charge is 0.310 e. The van der Waals surface area contributed by atoms with Crippen molar-refractivity contribution < 1.29 is 0 Å². The molecule has 2 aromatic heterocycles. The van der Waals surface area contributed by atoms with E-state index in [2.05, 4.69) is 240 Å². The summed E-state index contributed by atoms with van der Waals surface area (Å²) in [5.41, 5.74) is 14.0. The van der Waals surface area contributed by atoms with Crippen LogP contribution >= 0.6 is 11.3 Å². The second kappa shape index (κ2) is 14.5. The van der Waals surface area contributed by atoms with E-state index in [1.165, 1.54) is 86.1 Å². The topological polar surface area (TPSA) is 8.17 Å². The highest BCUT2D eigenvalue weighted by Crippen LogP contribution is 2.44. The van der Waals surface area contributed by atoms with Gasteiger partial charge in [-0.05, 0) is 117 Å². The predicted molar refractivity (Wildman–Crippen MR) is 262 cm³/mol. The normalized spacial score (nSPS) is 11.6. The highest BCUT2D eigenvalue weighted by molar-refractivity contribution is 7.25. The summed E-state index contributed by atoms with van der Waals surface area (Å²) >= 11 is 1.86. The van der Waals surface area contributed by atoms with Gasteiger partial charge < -0.3 is 9.47 Å². The molecule has 0 atom stereocenters. The summed E-state index contributed by atoms with van der Waals surface area (Å²) in [6.45, 7) is 0. The van der Waals surface area contributed by atoms with Crippen LogP contribution in [0.15, 0.2) is 231 Å². The summed E-state index contributed by atoms with van der Waals surface area (Å²) < 4.78 is 5.02. The van der Waals surface area contributed by atoms with Crippen molar-refractivity contribution in [3.8, 4) is 39.1 Å². The van der Waals surface area contributed by atoms with E-state index in [9.17, 15) is 0 Å². The average Bonchev–Trinajstić information content (AvgIpc) is 3.86. The first kappa shape index (κ1) is 35.2. The number of anilines is 3. The van der Waals surface area contributed by atoms with E-state index < -0.39 is 0 Å². The molecule has 2 nitrogen and oxygen atoms in total. The molecule has 0 radical (unpaired) electrons. The fourth-order valence-electron chi connectivity index (χ4n) is 9.26. The van der Waals surface area contributed by atoms with Crippen LogP contribution in [0.1, 0.15) is 0 Å². The molecule has 0 spiro atoms. The molecule has 0 saturated heterocycles. The quantitative estimate of drug-likeness (QED) is 0.156. The summed E-state index contributed by atoms with van der Waals surface area (Å²) in [5.74, 6) is 0. The molecule has 10 aromatic carbocycles. The third-order valence-corrected chi connectivity index (χ3v) is 13.3. The Kier molecular flexibility index (Phi) is 8.39. The number of nitrogens with zero attached hydrogens (tertiary/aromatic N) is 2. The second-order valence-corrected chi connectivity index (χ2v) is 16.8. The molecule has 286 valence electrons. The smallest absolute Gasteiger partial charge is 0.0547 e. The van der Waals surface area contributed by atoms with Crippen molar-refractivity contribution in [2.24, 2.45) is 0 Å². The van der Waals surface area contributed by atoms with Crippen molar-refractivity contribution in [2.75, 3.05) is 4.90 Å². The Morgan fingerprint density at radius 3 is 1.74 bits per heavy atom. The van der Waals surface area contributed by atoms with Gasteiger partial charge in [-0.2, -0.15) is 0 Å². The third-order valence-electron chi connectivity index (χ3n) is 12.2. The number of hydrogen-bond donors (Lipinski definition) is 0. The Labute approximate surface area is 358 Å². The van der Waals surface area contributed by atoms with E-state index in [-0.39, 0.29) is 0 Å². The van der Waals surface area contributed by atoms with E-state index in [4.69, 9.17) is 0 Å². The molecular formula is C58H38N2S. The first-order valence-electron chi connectivity index (χ1n) is 20.8. The zero-order valence-electron chi connectivity index (χ0n) is 33.2. The first-order chi connectivity index (χ1) is 30.2. The molecule has 0 N–H and O–H groups in total. The van der Waals surface area contributed by atoms with Crippen LogP contribution in [0.4, 0.5) is 17.1 Å². The molecule has 0 bridgehead atoms. The monoisotopic (exact) mass is 794 g/mol. The second-order valence-electron chi connectivity index (χ2n) is 15.7. The number of hydrogen-bond acceptors (Lipinski definition) is 2. The standard InChI is InChI=1S/C58H38N2S/c1-3-14-39(15-4-1)40-26-28-45(29-27-40)59(48-31-33-52-51-23-10-12-25-57(51)61-58(52)38-48)47-30-32-49(53(37-47)41-16-5-2-6-17-41)44-20-13-21-46(34-44)60-55-24-11-9-22-50(55)54-35-42-18-7-8-19-43(42)36-56(54)60/h1-38H. The maximum absolute atomic E-state index is 2.43. The molecule has 2 heterocycles. The Morgan fingerprint density at radius 2 is 0.918 bits per heavy atom. The fourth-order valence-corrected chi connectivity index (χ4v) is 10.4. The molecule has 0 aliphatic heterocycles.